The number of benzene rings is 1. The highest BCUT2D eigenvalue weighted by atomic mass is 79.9. The van der Waals surface area contributed by atoms with Gasteiger partial charge in [0.15, 0.2) is 0 Å². The predicted octanol–water partition coefficient (Wildman–Crippen LogP) is 4.30. The number of carbonyl (C=O) groups is 1. The van der Waals surface area contributed by atoms with Gasteiger partial charge in [0, 0.05) is 17.8 Å². The molecule has 3 rings (SSSR count). The van der Waals surface area contributed by atoms with E-state index in [0.29, 0.717) is 11.4 Å². The maximum absolute atomic E-state index is 12.2. The SMILES string of the molecule is Cc1nn(Cc2ccccc2)c(C)c1CNC(=O)c1ccc(Br)s1. The van der Waals surface area contributed by atoms with Gasteiger partial charge in [-0.1, -0.05) is 30.3 Å². The van der Waals surface area contributed by atoms with Crippen molar-refractivity contribution < 1.29 is 4.79 Å². The van der Waals surface area contributed by atoms with E-state index in [2.05, 4.69) is 38.5 Å². The molecule has 124 valence electrons. The molecule has 0 radical (unpaired) electrons. The van der Waals surface area contributed by atoms with Crippen molar-refractivity contribution in [3.63, 3.8) is 0 Å². The third kappa shape index (κ3) is 3.76. The number of hydrogen-bond donors (Lipinski definition) is 1. The van der Waals surface area contributed by atoms with Crippen LogP contribution in [0.2, 0.25) is 0 Å². The Morgan fingerprint density at radius 1 is 1.21 bits per heavy atom. The van der Waals surface area contributed by atoms with E-state index < -0.39 is 0 Å². The van der Waals surface area contributed by atoms with Gasteiger partial charge in [-0.3, -0.25) is 9.48 Å². The van der Waals surface area contributed by atoms with Crippen LogP contribution in [-0.4, -0.2) is 15.7 Å². The summed E-state index contributed by atoms with van der Waals surface area (Å²) in [5.74, 6) is -0.0553. The van der Waals surface area contributed by atoms with E-state index in [1.807, 2.05) is 48.9 Å². The van der Waals surface area contributed by atoms with Crippen LogP contribution in [0.3, 0.4) is 0 Å². The fourth-order valence-electron chi connectivity index (χ4n) is 2.59. The fourth-order valence-corrected chi connectivity index (χ4v) is 3.89. The Balaban J connectivity index is 1.71. The highest BCUT2D eigenvalue weighted by Gasteiger charge is 2.14. The summed E-state index contributed by atoms with van der Waals surface area (Å²) in [6, 6.07) is 14.0. The normalized spacial score (nSPS) is 10.8. The van der Waals surface area contributed by atoms with Crippen LogP contribution in [0.1, 0.15) is 32.2 Å². The van der Waals surface area contributed by atoms with E-state index in [9.17, 15) is 4.79 Å². The minimum atomic E-state index is -0.0553. The van der Waals surface area contributed by atoms with E-state index in [-0.39, 0.29) is 5.91 Å². The van der Waals surface area contributed by atoms with Crippen molar-refractivity contribution >= 4 is 33.2 Å². The molecule has 1 amide bonds. The summed E-state index contributed by atoms with van der Waals surface area (Å²) in [5, 5.41) is 7.61. The Labute approximate surface area is 153 Å². The largest absolute Gasteiger partial charge is 0.347 e. The smallest absolute Gasteiger partial charge is 0.261 e. The molecule has 0 atom stereocenters. The van der Waals surface area contributed by atoms with Gasteiger partial charge >= 0.3 is 0 Å². The molecule has 0 spiro atoms. The van der Waals surface area contributed by atoms with Crippen LogP contribution in [0.25, 0.3) is 0 Å². The minimum absolute atomic E-state index is 0.0553. The fraction of sp³-hybridized carbons (Fsp3) is 0.222. The molecule has 1 aromatic carbocycles. The van der Waals surface area contributed by atoms with Crippen LogP contribution >= 0.6 is 27.3 Å². The summed E-state index contributed by atoms with van der Waals surface area (Å²) in [5.41, 5.74) is 4.33. The van der Waals surface area contributed by atoms with Crippen molar-refractivity contribution in [1.29, 1.82) is 0 Å². The number of nitrogens with zero attached hydrogens (tertiary/aromatic N) is 2. The minimum Gasteiger partial charge on any atom is -0.347 e. The zero-order valence-electron chi connectivity index (χ0n) is 13.5. The van der Waals surface area contributed by atoms with Gasteiger partial charge in [0.25, 0.3) is 5.91 Å². The van der Waals surface area contributed by atoms with Crippen LogP contribution in [0.4, 0.5) is 0 Å². The first kappa shape index (κ1) is 16.9. The summed E-state index contributed by atoms with van der Waals surface area (Å²) >= 11 is 4.81. The molecule has 1 N–H and O–H groups in total. The highest BCUT2D eigenvalue weighted by molar-refractivity contribution is 9.11. The van der Waals surface area contributed by atoms with Gasteiger partial charge in [-0.05, 0) is 47.5 Å². The summed E-state index contributed by atoms with van der Waals surface area (Å²) in [7, 11) is 0. The van der Waals surface area contributed by atoms with Crippen LogP contribution < -0.4 is 5.32 Å². The summed E-state index contributed by atoms with van der Waals surface area (Å²) < 4.78 is 2.95. The van der Waals surface area contributed by atoms with Gasteiger partial charge in [0.05, 0.1) is 20.9 Å². The highest BCUT2D eigenvalue weighted by Crippen LogP contribution is 2.22. The van der Waals surface area contributed by atoms with E-state index in [1.165, 1.54) is 16.9 Å². The Kier molecular flexibility index (Phi) is 5.16. The molecule has 2 heterocycles. The maximum Gasteiger partial charge on any atom is 0.261 e. The molecular weight excluding hydrogens is 386 g/mol. The second kappa shape index (κ2) is 7.32. The Bertz CT molecular complexity index is 855. The molecule has 2 aromatic heterocycles. The second-order valence-corrected chi connectivity index (χ2v) is 8.04. The van der Waals surface area contributed by atoms with Crippen molar-refractivity contribution in [1.82, 2.24) is 15.1 Å². The molecule has 0 unspecified atom stereocenters. The van der Waals surface area contributed by atoms with Crippen LogP contribution in [0.5, 0.6) is 0 Å². The molecule has 3 aromatic rings. The first-order valence-corrected chi connectivity index (χ1v) is 9.26. The molecule has 0 aliphatic heterocycles. The van der Waals surface area contributed by atoms with E-state index in [1.54, 1.807) is 0 Å². The van der Waals surface area contributed by atoms with Crippen molar-refractivity contribution in [2.45, 2.75) is 26.9 Å². The van der Waals surface area contributed by atoms with Gasteiger partial charge < -0.3 is 5.32 Å². The molecular formula is C18H18BrN3OS. The molecule has 24 heavy (non-hydrogen) atoms. The maximum atomic E-state index is 12.2. The third-order valence-corrected chi connectivity index (χ3v) is 5.55. The number of thiophene rings is 1. The number of hydrogen-bond acceptors (Lipinski definition) is 3. The van der Waals surface area contributed by atoms with Crippen molar-refractivity contribution in [2.24, 2.45) is 0 Å². The monoisotopic (exact) mass is 403 g/mol. The third-order valence-electron chi connectivity index (χ3n) is 3.93. The molecule has 0 aliphatic rings. The van der Waals surface area contributed by atoms with Crippen LogP contribution in [-0.2, 0) is 13.1 Å². The molecule has 6 heteroatoms. The quantitative estimate of drug-likeness (QED) is 0.689. The number of halogens is 1. The number of aromatic nitrogens is 2. The number of nitrogens with one attached hydrogen (secondary N) is 1. The topological polar surface area (TPSA) is 46.9 Å². The number of carbonyl (C=O) groups excluding carboxylic acids is 1. The Morgan fingerprint density at radius 3 is 2.62 bits per heavy atom. The average Bonchev–Trinajstić information content (AvgIpc) is 3.11. The lowest BCUT2D eigenvalue weighted by atomic mass is 10.2. The summed E-state index contributed by atoms with van der Waals surface area (Å²) in [6.45, 7) is 5.25. The molecule has 0 saturated carbocycles. The predicted molar refractivity (Wildman–Crippen MR) is 100 cm³/mol. The molecule has 4 nitrogen and oxygen atoms in total. The zero-order valence-corrected chi connectivity index (χ0v) is 15.9. The van der Waals surface area contributed by atoms with E-state index >= 15 is 0 Å². The number of amides is 1. The second-order valence-electron chi connectivity index (χ2n) is 5.58. The lowest BCUT2D eigenvalue weighted by Crippen LogP contribution is -2.22. The Hall–Kier alpha value is -1.92. The molecule has 0 fully saturated rings. The molecule has 0 bridgehead atoms. The summed E-state index contributed by atoms with van der Waals surface area (Å²) in [4.78, 5) is 12.9. The van der Waals surface area contributed by atoms with Gasteiger partial charge in [-0.2, -0.15) is 5.10 Å². The lowest BCUT2D eigenvalue weighted by Gasteiger charge is -2.07. The first-order valence-electron chi connectivity index (χ1n) is 7.65. The van der Waals surface area contributed by atoms with Gasteiger partial charge in [-0.15, -0.1) is 11.3 Å². The van der Waals surface area contributed by atoms with Crippen molar-refractivity contribution in [3.05, 3.63) is 73.6 Å². The first-order chi connectivity index (χ1) is 11.5. The van der Waals surface area contributed by atoms with Gasteiger partial charge in [-0.25, -0.2) is 0 Å². The summed E-state index contributed by atoms with van der Waals surface area (Å²) in [6.07, 6.45) is 0. The standard InChI is InChI=1S/C18H18BrN3OS/c1-12-15(10-20-18(23)16-8-9-17(19)24-16)13(2)22(21-12)11-14-6-4-3-5-7-14/h3-9H,10-11H2,1-2H3,(H,20,23). The van der Waals surface area contributed by atoms with Gasteiger partial charge in [0.1, 0.15) is 0 Å². The number of aryl methyl sites for hydroxylation is 1. The van der Waals surface area contributed by atoms with Crippen molar-refractivity contribution in [3.8, 4) is 0 Å². The molecule has 0 aliphatic carbocycles. The van der Waals surface area contributed by atoms with Gasteiger partial charge in [0.2, 0.25) is 0 Å². The van der Waals surface area contributed by atoms with E-state index in [0.717, 1.165) is 27.3 Å². The Morgan fingerprint density at radius 2 is 1.96 bits per heavy atom. The number of rotatable bonds is 5. The van der Waals surface area contributed by atoms with E-state index in [4.69, 9.17) is 0 Å². The van der Waals surface area contributed by atoms with Crippen LogP contribution in [0, 0.1) is 13.8 Å². The average molecular weight is 404 g/mol. The van der Waals surface area contributed by atoms with Crippen LogP contribution in [0.15, 0.2) is 46.3 Å². The molecule has 0 saturated heterocycles. The van der Waals surface area contributed by atoms with Crippen molar-refractivity contribution in [2.75, 3.05) is 0 Å². The zero-order chi connectivity index (χ0) is 17.1. The lowest BCUT2D eigenvalue weighted by molar-refractivity contribution is 0.0955.